The van der Waals surface area contributed by atoms with E-state index in [9.17, 15) is 28.1 Å². The largest absolute Gasteiger partial charge is 0.463 e. The van der Waals surface area contributed by atoms with Crippen LogP contribution >= 0.6 is 11.8 Å². The van der Waals surface area contributed by atoms with Crippen molar-refractivity contribution in [1.29, 1.82) is 5.26 Å². The summed E-state index contributed by atoms with van der Waals surface area (Å²) in [5.74, 6) is -1.31. The summed E-state index contributed by atoms with van der Waals surface area (Å²) in [4.78, 5) is 22.5. The normalized spacial score (nSPS) is 11.9. The Morgan fingerprint density at radius 1 is 1.26 bits per heavy atom. The van der Waals surface area contributed by atoms with E-state index in [2.05, 4.69) is 0 Å². The lowest BCUT2D eigenvalue weighted by atomic mass is 10.1. The minimum Gasteiger partial charge on any atom is -0.463 e. The molecule has 0 bridgehead atoms. The molecule has 2 rings (SSSR count). The summed E-state index contributed by atoms with van der Waals surface area (Å²) < 4.78 is 54.2. The highest BCUT2D eigenvalue weighted by Crippen LogP contribution is 2.37. The number of nitro benzene ring substituents is 1. The van der Waals surface area contributed by atoms with Crippen molar-refractivity contribution in [3.05, 3.63) is 57.6 Å². The van der Waals surface area contributed by atoms with Crippen LogP contribution in [0.25, 0.3) is 0 Å². The fourth-order valence-electron chi connectivity index (χ4n) is 2.33. The number of carbonyl (C=O) groups is 1. The molecule has 0 saturated heterocycles. The third kappa shape index (κ3) is 6.02. The summed E-state index contributed by atoms with van der Waals surface area (Å²) in [5, 5.41) is 20.5. The molecule has 0 aromatic heterocycles. The third-order valence-corrected chi connectivity index (χ3v) is 4.43. The molecule has 1 atom stereocenters. The zero-order valence-electron chi connectivity index (χ0n) is 16.1. The van der Waals surface area contributed by atoms with Gasteiger partial charge in [0.2, 0.25) is 11.2 Å². The van der Waals surface area contributed by atoms with Gasteiger partial charge in [-0.25, -0.2) is 4.79 Å². The zero-order chi connectivity index (χ0) is 23.2. The Hall–Kier alpha value is -3.46. The smallest absolute Gasteiger partial charge is 0.416 e. The van der Waals surface area contributed by atoms with Crippen molar-refractivity contribution in [3.63, 3.8) is 0 Å². The second-order valence-electron chi connectivity index (χ2n) is 5.75. The summed E-state index contributed by atoms with van der Waals surface area (Å²) >= 11 is 0.943. The number of esters is 1. The van der Waals surface area contributed by atoms with Crippen molar-refractivity contribution in [1.82, 2.24) is 0 Å². The van der Waals surface area contributed by atoms with Crippen molar-refractivity contribution in [2.24, 2.45) is 0 Å². The molecule has 8 nitrogen and oxygen atoms in total. The molecular formula is C19H15F3N2O6S. The summed E-state index contributed by atoms with van der Waals surface area (Å²) in [7, 11) is 0. The van der Waals surface area contributed by atoms with E-state index >= 15 is 0 Å². The lowest BCUT2D eigenvalue weighted by Crippen LogP contribution is -2.26. The number of hydrogen-bond donors (Lipinski definition) is 0. The average molecular weight is 456 g/mol. The summed E-state index contributed by atoms with van der Waals surface area (Å²) in [6.45, 7) is 1.67. The van der Waals surface area contributed by atoms with Gasteiger partial charge in [-0.1, -0.05) is 0 Å². The van der Waals surface area contributed by atoms with Gasteiger partial charge in [-0.05, 0) is 37.4 Å². The van der Waals surface area contributed by atoms with Crippen LogP contribution in [0, 0.1) is 21.4 Å². The molecule has 2 aromatic rings. The number of hydrogen-bond acceptors (Lipinski definition) is 8. The average Bonchev–Trinajstić information content (AvgIpc) is 2.71. The second kappa shape index (κ2) is 10.0. The molecule has 0 N–H and O–H groups in total. The summed E-state index contributed by atoms with van der Waals surface area (Å²) in [5.41, 5.74) is -3.08. The zero-order valence-corrected chi connectivity index (χ0v) is 17.0. The van der Waals surface area contributed by atoms with Crippen LogP contribution < -0.4 is 9.47 Å². The fraction of sp³-hybridized carbons (Fsp3) is 0.263. The first kappa shape index (κ1) is 23.8. The molecular weight excluding hydrogens is 441 g/mol. The van der Waals surface area contributed by atoms with Gasteiger partial charge in [-0.15, -0.1) is 11.8 Å². The van der Waals surface area contributed by atoms with E-state index < -0.39 is 33.8 Å². The van der Waals surface area contributed by atoms with Gasteiger partial charge >= 0.3 is 17.8 Å². The molecule has 2 aromatic carbocycles. The first-order valence-electron chi connectivity index (χ1n) is 8.54. The van der Waals surface area contributed by atoms with Gasteiger partial charge in [-0.3, -0.25) is 10.1 Å². The number of rotatable bonds is 8. The number of nitro groups is 1. The number of nitrogens with zero attached hydrogens (tertiary/aromatic N) is 2. The van der Waals surface area contributed by atoms with E-state index in [1.165, 1.54) is 12.3 Å². The Morgan fingerprint density at radius 3 is 2.52 bits per heavy atom. The van der Waals surface area contributed by atoms with Crippen LogP contribution in [-0.4, -0.2) is 29.2 Å². The molecule has 1 unspecified atom stereocenters. The third-order valence-electron chi connectivity index (χ3n) is 3.71. The molecule has 0 aliphatic heterocycles. The van der Waals surface area contributed by atoms with Crippen LogP contribution in [0.2, 0.25) is 0 Å². The van der Waals surface area contributed by atoms with Crippen LogP contribution in [0.1, 0.15) is 18.1 Å². The van der Waals surface area contributed by atoms with Gasteiger partial charge in [-0.2, -0.15) is 18.4 Å². The van der Waals surface area contributed by atoms with E-state index in [4.69, 9.17) is 19.5 Å². The maximum absolute atomic E-state index is 12.8. The first-order chi connectivity index (χ1) is 14.6. The predicted molar refractivity (Wildman–Crippen MR) is 104 cm³/mol. The summed E-state index contributed by atoms with van der Waals surface area (Å²) in [6.07, 6.45) is -3.10. The molecule has 31 heavy (non-hydrogen) atoms. The van der Waals surface area contributed by atoms with Crippen molar-refractivity contribution < 1.29 is 37.1 Å². The van der Waals surface area contributed by atoms with E-state index in [0.717, 1.165) is 36.0 Å². The molecule has 0 aliphatic carbocycles. The van der Waals surface area contributed by atoms with Crippen LogP contribution in [0.4, 0.5) is 18.9 Å². The monoisotopic (exact) mass is 456 g/mol. The Morgan fingerprint density at radius 2 is 1.97 bits per heavy atom. The quantitative estimate of drug-likeness (QED) is 0.238. The van der Waals surface area contributed by atoms with Crippen molar-refractivity contribution in [3.8, 4) is 23.3 Å². The minimum absolute atomic E-state index is 0.0550. The van der Waals surface area contributed by atoms with Gasteiger partial charge in [0.05, 0.1) is 22.7 Å². The van der Waals surface area contributed by atoms with Crippen molar-refractivity contribution in [2.45, 2.75) is 18.5 Å². The van der Waals surface area contributed by atoms with E-state index in [-0.39, 0.29) is 29.4 Å². The van der Waals surface area contributed by atoms with Gasteiger partial charge < -0.3 is 14.2 Å². The first-order valence-corrected chi connectivity index (χ1v) is 9.83. The predicted octanol–water partition coefficient (Wildman–Crippen LogP) is 4.91. The van der Waals surface area contributed by atoms with E-state index in [0.29, 0.717) is 6.07 Å². The minimum atomic E-state index is -4.64. The maximum atomic E-state index is 12.8. The lowest BCUT2D eigenvalue weighted by Gasteiger charge is -2.16. The SMILES string of the molecule is CCOC(=O)C(Oc1cc(Oc2ccc(C(F)(F)F)cc2C#N)ccc1[N+](=O)[O-])SC. The topological polar surface area (TPSA) is 112 Å². The number of nitriles is 1. The molecule has 0 saturated carbocycles. The molecule has 0 spiro atoms. The van der Waals surface area contributed by atoms with Gasteiger partial charge in [0, 0.05) is 12.1 Å². The highest BCUT2D eigenvalue weighted by molar-refractivity contribution is 7.99. The Kier molecular flexibility index (Phi) is 7.71. The van der Waals surface area contributed by atoms with Crippen LogP contribution in [0.5, 0.6) is 17.2 Å². The molecule has 0 aliphatic rings. The summed E-state index contributed by atoms with van der Waals surface area (Å²) in [6, 6.07) is 7.27. The van der Waals surface area contributed by atoms with E-state index in [1.807, 2.05) is 0 Å². The standard InChI is InChI=1S/C19H15F3N2O6S/c1-3-28-17(25)18(31-2)30-16-9-13(5-6-14(16)24(26)27)29-15-7-4-12(19(20,21)22)8-11(15)10-23/h4-9,18H,3H2,1-2H3. The van der Waals surface area contributed by atoms with Gasteiger partial charge in [0.1, 0.15) is 17.6 Å². The second-order valence-corrected chi connectivity index (χ2v) is 6.65. The van der Waals surface area contributed by atoms with Crippen molar-refractivity contribution >= 4 is 23.4 Å². The number of ether oxygens (including phenoxy) is 3. The number of carbonyl (C=O) groups excluding carboxylic acids is 1. The van der Waals surface area contributed by atoms with Gasteiger partial charge in [0.25, 0.3) is 0 Å². The Bertz CT molecular complexity index is 1020. The molecule has 164 valence electrons. The fourth-order valence-corrected chi connectivity index (χ4v) is 2.79. The maximum Gasteiger partial charge on any atom is 0.416 e. The number of thioether (sulfide) groups is 1. The number of benzene rings is 2. The van der Waals surface area contributed by atoms with Crippen LogP contribution in [0.15, 0.2) is 36.4 Å². The molecule has 12 heteroatoms. The molecule has 0 amide bonds. The number of alkyl halides is 3. The van der Waals surface area contributed by atoms with Crippen LogP contribution in [-0.2, 0) is 15.7 Å². The molecule has 0 fully saturated rings. The highest BCUT2D eigenvalue weighted by Gasteiger charge is 2.31. The Labute approximate surface area is 178 Å². The molecule has 0 radical (unpaired) electrons. The van der Waals surface area contributed by atoms with Crippen LogP contribution in [0.3, 0.4) is 0 Å². The highest BCUT2D eigenvalue weighted by atomic mass is 32.2. The number of halogens is 3. The molecule has 0 heterocycles. The van der Waals surface area contributed by atoms with E-state index in [1.54, 1.807) is 13.0 Å². The lowest BCUT2D eigenvalue weighted by molar-refractivity contribution is -0.385. The Balaban J connectivity index is 2.39. The van der Waals surface area contributed by atoms with Gasteiger partial charge in [0.15, 0.2) is 0 Å². The van der Waals surface area contributed by atoms with Crippen molar-refractivity contribution in [2.75, 3.05) is 12.9 Å².